The molecule has 0 aromatic carbocycles. The van der Waals surface area contributed by atoms with Gasteiger partial charge in [0.05, 0.1) is 24.8 Å². The van der Waals surface area contributed by atoms with Gasteiger partial charge < -0.3 is 9.30 Å². The third kappa shape index (κ3) is 2.58. The van der Waals surface area contributed by atoms with Crippen molar-refractivity contribution in [1.29, 1.82) is 0 Å². The van der Waals surface area contributed by atoms with Crippen molar-refractivity contribution in [3.05, 3.63) is 18.2 Å². The molecule has 0 spiro atoms. The Morgan fingerprint density at radius 2 is 2.41 bits per heavy atom. The van der Waals surface area contributed by atoms with Crippen molar-refractivity contribution in [2.24, 2.45) is 0 Å². The lowest BCUT2D eigenvalue weighted by molar-refractivity contribution is 0.131. The first kappa shape index (κ1) is 11.9. The molecule has 1 unspecified atom stereocenters. The van der Waals surface area contributed by atoms with Gasteiger partial charge in [0.1, 0.15) is 0 Å². The zero-order valence-electron chi connectivity index (χ0n) is 10.2. The monoisotopic (exact) mass is 238 g/mol. The number of hydrogen-bond donors (Lipinski definition) is 1. The molecule has 2 rings (SSSR count). The molecule has 94 valence electrons. The Labute approximate surface area is 101 Å². The van der Waals surface area contributed by atoms with Crippen LogP contribution in [0.2, 0.25) is 0 Å². The van der Waals surface area contributed by atoms with Crippen LogP contribution in [0.5, 0.6) is 0 Å². The van der Waals surface area contributed by atoms with Crippen molar-refractivity contribution in [2.45, 2.75) is 39.4 Å². The van der Waals surface area contributed by atoms with E-state index in [1.54, 1.807) is 19.4 Å². The van der Waals surface area contributed by atoms with Gasteiger partial charge >= 0.3 is 6.09 Å². The molecule has 2 heterocycles. The van der Waals surface area contributed by atoms with Gasteiger partial charge in [-0.3, -0.25) is 0 Å². The number of hydrazine groups is 1. The molecule has 1 aliphatic heterocycles. The second-order valence-electron chi connectivity index (χ2n) is 3.97. The molecular formula is C11H18N4O2. The van der Waals surface area contributed by atoms with Crippen LogP contribution in [0.3, 0.4) is 0 Å². The maximum absolute atomic E-state index is 11.4. The zero-order chi connectivity index (χ0) is 12.3. The van der Waals surface area contributed by atoms with Gasteiger partial charge in [0, 0.05) is 6.54 Å². The van der Waals surface area contributed by atoms with Crippen LogP contribution in [0, 0.1) is 0 Å². The van der Waals surface area contributed by atoms with Crippen LogP contribution in [-0.4, -0.2) is 27.3 Å². The molecule has 1 aromatic rings. The Bertz CT molecular complexity index is 391. The quantitative estimate of drug-likeness (QED) is 0.792. The van der Waals surface area contributed by atoms with Crippen LogP contribution in [0.25, 0.3) is 0 Å². The maximum atomic E-state index is 11.4. The summed E-state index contributed by atoms with van der Waals surface area (Å²) in [6, 6.07) is 0. The molecular weight excluding hydrogens is 220 g/mol. The van der Waals surface area contributed by atoms with E-state index in [1.807, 2.05) is 0 Å². The summed E-state index contributed by atoms with van der Waals surface area (Å²) >= 11 is 0. The number of ether oxygens (including phenoxy) is 1. The normalized spacial score (nSPS) is 18.2. The minimum atomic E-state index is -0.333. The summed E-state index contributed by atoms with van der Waals surface area (Å²) in [5.41, 5.74) is 3.98. The number of hydrogen-bond acceptors (Lipinski definition) is 4. The summed E-state index contributed by atoms with van der Waals surface area (Å²) < 4.78 is 6.98. The Morgan fingerprint density at radius 1 is 1.59 bits per heavy atom. The van der Waals surface area contributed by atoms with Crippen molar-refractivity contribution < 1.29 is 9.53 Å². The topological polar surface area (TPSA) is 69.1 Å². The van der Waals surface area contributed by atoms with Crippen molar-refractivity contribution in [1.82, 2.24) is 20.0 Å². The fraction of sp³-hybridized carbons (Fsp3) is 0.636. The number of aromatic nitrogens is 2. The highest BCUT2D eigenvalue weighted by molar-refractivity contribution is 5.69. The van der Waals surface area contributed by atoms with Gasteiger partial charge in [-0.2, -0.15) is 5.43 Å². The number of rotatable bonds is 5. The summed E-state index contributed by atoms with van der Waals surface area (Å²) in [5, 5.41) is 1.48. The maximum Gasteiger partial charge on any atom is 0.426 e. The lowest BCUT2D eigenvalue weighted by atomic mass is 10.3. The number of carbonyl (C=O) groups excluding carboxylic acids is 1. The van der Waals surface area contributed by atoms with Gasteiger partial charge in [-0.15, -0.1) is 0 Å². The minimum Gasteiger partial charge on any atom is -0.449 e. The smallest absolute Gasteiger partial charge is 0.426 e. The second-order valence-corrected chi connectivity index (χ2v) is 3.97. The van der Waals surface area contributed by atoms with E-state index < -0.39 is 0 Å². The standard InChI is InChI=1S/C11H18N4O2/c1-3-5-6-14-8-12-7-9(14)10-13-15(10)11(16)17-4-2/h7-8,10,13H,3-6H2,1-2H3. The number of amides is 1. The Kier molecular flexibility index (Phi) is 3.63. The van der Waals surface area contributed by atoms with Crippen LogP contribution in [0.1, 0.15) is 38.5 Å². The number of nitrogens with one attached hydrogen (secondary N) is 1. The molecule has 0 radical (unpaired) electrons. The molecule has 0 bridgehead atoms. The first-order valence-corrected chi connectivity index (χ1v) is 6.00. The Balaban J connectivity index is 1.96. The number of nitrogens with zero attached hydrogens (tertiary/aromatic N) is 3. The third-order valence-electron chi connectivity index (χ3n) is 2.69. The average Bonchev–Trinajstić information content (AvgIpc) is 2.99. The summed E-state index contributed by atoms with van der Waals surface area (Å²) in [5.74, 6) is 0. The lowest BCUT2D eigenvalue weighted by Gasteiger charge is -2.05. The molecule has 6 nitrogen and oxygen atoms in total. The first-order chi connectivity index (χ1) is 8.27. The largest absolute Gasteiger partial charge is 0.449 e. The second kappa shape index (κ2) is 5.18. The van der Waals surface area contributed by atoms with Crippen molar-refractivity contribution in [3.63, 3.8) is 0 Å². The van der Waals surface area contributed by atoms with Crippen molar-refractivity contribution >= 4 is 6.09 Å². The van der Waals surface area contributed by atoms with E-state index in [2.05, 4.69) is 21.9 Å². The van der Waals surface area contributed by atoms with E-state index >= 15 is 0 Å². The molecule has 1 atom stereocenters. The molecule has 1 aliphatic rings. The molecule has 1 saturated heterocycles. The van der Waals surface area contributed by atoms with E-state index in [0.717, 1.165) is 25.1 Å². The zero-order valence-corrected chi connectivity index (χ0v) is 10.2. The van der Waals surface area contributed by atoms with Crippen LogP contribution in [0.15, 0.2) is 12.5 Å². The summed E-state index contributed by atoms with van der Waals surface area (Å²) in [7, 11) is 0. The van der Waals surface area contributed by atoms with E-state index in [-0.39, 0.29) is 12.3 Å². The Hall–Kier alpha value is -1.56. The van der Waals surface area contributed by atoms with Gasteiger partial charge in [-0.25, -0.2) is 14.8 Å². The lowest BCUT2D eigenvalue weighted by Crippen LogP contribution is -2.15. The summed E-state index contributed by atoms with van der Waals surface area (Å²) in [4.78, 5) is 15.6. The van der Waals surface area contributed by atoms with E-state index in [0.29, 0.717) is 6.61 Å². The van der Waals surface area contributed by atoms with E-state index in [4.69, 9.17) is 4.74 Å². The number of carbonyl (C=O) groups is 1. The van der Waals surface area contributed by atoms with Gasteiger partial charge in [0.15, 0.2) is 6.17 Å². The predicted octanol–water partition coefficient (Wildman–Crippen LogP) is 1.66. The fourth-order valence-corrected chi connectivity index (χ4v) is 1.72. The third-order valence-corrected chi connectivity index (χ3v) is 2.69. The summed E-state index contributed by atoms with van der Waals surface area (Å²) in [6.45, 7) is 5.26. The highest BCUT2D eigenvalue weighted by atomic mass is 16.6. The van der Waals surface area contributed by atoms with Gasteiger partial charge in [-0.1, -0.05) is 13.3 Å². The van der Waals surface area contributed by atoms with Crippen LogP contribution >= 0.6 is 0 Å². The van der Waals surface area contributed by atoms with E-state index in [1.165, 1.54) is 5.01 Å². The summed E-state index contributed by atoms with van der Waals surface area (Å²) in [6.07, 6.45) is 5.40. The molecule has 1 N–H and O–H groups in total. The van der Waals surface area contributed by atoms with E-state index in [9.17, 15) is 4.79 Å². The average molecular weight is 238 g/mol. The van der Waals surface area contributed by atoms with Crippen molar-refractivity contribution in [3.8, 4) is 0 Å². The molecule has 1 amide bonds. The van der Waals surface area contributed by atoms with Crippen LogP contribution in [0.4, 0.5) is 4.79 Å². The number of imidazole rings is 1. The number of unbranched alkanes of at least 4 members (excludes halogenated alkanes) is 1. The number of aryl methyl sites for hydroxylation is 1. The molecule has 0 saturated carbocycles. The van der Waals surface area contributed by atoms with Crippen LogP contribution in [-0.2, 0) is 11.3 Å². The molecule has 6 heteroatoms. The first-order valence-electron chi connectivity index (χ1n) is 6.00. The fourth-order valence-electron chi connectivity index (χ4n) is 1.72. The Morgan fingerprint density at radius 3 is 3.12 bits per heavy atom. The highest BCUT2D eigenvalue weighted by Gasteiger charge is 2.42. The molecule has 0 aliphatic carbocycles. The van der Waals surface area contributed by atoms with Crippen LogP contribution < -0.4 is 5.43 Å². The molecule has 1 fully saturated rings. The van der Waals surface area contributed by atoms with Gasteiger partial charge in [0.2, 0.25) is 0 Å². The highest BCUT2D eigenvalue weighted by Crippen LogP contribution is 2.28. The minimum absolute atomic E-state index is 0.0894. The van der Waals surface area contributed by atoms with Crippen molar-refractivity contribution in [2.75, 3.05) is 6.61 Å². The predicted molar refractivity (Wildman–Crippen MR) is 61.9 cm³/mol. The molecule has 17 heavy (non-hydrogen) atoms. The van der Waals surface area contributed by atoms with Gasteiger partial charge in [-0.05, 0) is 13.3 Å². The SMILES string of the molecule is CCCCn1cncc1C1NN1C(=O)OCC. The molecule has 1 aromatic heterocycles. The van der Waals surface area contributed by atoms with Gasteiger partial charge in [0.25, 0.3) is 0 Å².